The first-order chi connectivity index (χ1) is 14.6. The highest BCUT2D eigenvalue weighted by atomic mass is 32.2. The molecule has 0 spiro atoms. The van der Waals surface area contributed by atoms with E-state index in [1.807, 2.05) is 54.8 Å². The van der Waals surface area contributed by atoms with Gasteiger partial charge in [-0.25, -0.2) is 20.2 Å². The molecule has 1 unspecified atom stereocenters. The lowest BCUT2D eigenvalue weighted by Gasteiger charge is -2.28. The van der Waals surface area contributed by atoms with E-state index in [1.165, 1.54) is 0 Å². The minimum Gasteiger partial charge on any atom is -0.321 e. The fourth-order valence-electron chi connectivity index (χ4n) is 3.17. The molecule has 9 nitrogen and oxygen atoms in total. The van der Waals surface area contributed by atoms with Crippen molar-refractivity contribution in [2.24, 2.45) is 21.9 Å². The fraction of sp³-hybridized carbons (Fsp3) is 0.263. The molecule has 1 aliphatic rings. The maximum Gasteiger partial charge on any atom is 0.168 e. The summed E-state index contributed by atoms with van der Waals surface area (Å²) >= 11 is 1.63. The number of hydrazone groups is 1. The Morgan fingerprint density at radius 3 is 2.70 bits per heavy atom. The van der Waals surface area contributed by atoms with E-state index in [4.69, 9.17) is 16.8 Å². The van der Waals surface area contributed by atoms with Gasteiger partial charge in [0.15, 0.2) is 5.84 Å². The largest absolute Gasteiger partial charge is 0.321 e. The summed E-state index contributed by atoms with van der Waals surface area (Å²) in [7, 11) is -1.78. The number of nitrogens with zero attached hydrogens (tertiary/aromatic N) is 3. The van der Waals surface area contributed by atoms with Crippen molar-refractivity contribution in [1.82, 2.24) is 20.1 Å². The number of rotatable bonds is 5. The Morgan fingerprint density at radius 1 is 1.33 bits per heavy atom. The Labute approximate surface area is 182 Å². The molecule has 8 N–H and O–H groups in total. The van der Waals surface area contributed by atoms with Crippen LogP contribution >= 0.6 is 11.8 Å². The number of imidazole rings is 1. The molecule has 0 aliphatic carbocycles. The number of nitrogens with one attached hydrogen (secondary N) is 2. The molecule has 30 heavy (non-hydrogen) atoms. The summed E-state index contributed by atoms with van der Waals surface area (Å²) in [5.74, 6) is 11.5. The summed E-state index contributed by atoms with van der Waals surface area (Å²) in [5.41, 5.74) is 5.39. The topological polar surface area (TPSA) is 149 Å². The maximum absolute atomic E-state index is 12.6. The van der Waals surface area contributed by atoms with Gasteiger partial charge in [-0.05, 0) is 18.2 Å². The van der Waals surface area contributed by atoms with Crippen molar-refractivity contribution in [3.63, 3.8) is 0 Å². The second kappa shape index (κ2) is 10.0. The van der Waals surface area contributed by atoms with Crippen molar-refractivity contribution < 1.29 is 4.21 Å². The van der Waals surface area contributed by atoms with Crippen molar-refractivity contribution in [3.05, 3.63) is 48.3 Å². The highest BCUT2D eigenvalue weighted by molar-refractivity contribution is 8.00. The van der Waals surface area contributed by atoms with Crippen molar-refractivity contribution >= 4 is 34.2 Å². The van der Waals surface area contributed by atoms with Crippen LogP contribution in [-0.2, 0) is 11.0 Å². The summed E-state index contributed by atoms with van der Waals surface area (Å²) in [6.07, 6.45) is 3.57. The molecule has 0 radical (unpaired) electrons. The van der Waals surface area contributed by atoms with Crippen LogP contribution in [0.2, 0.25) is 0 Å². The maximum atomic E-state index is 12.6. The van der Waals surface area contributed by atoms with E-state index in [0.29, 0.717) is 15.7 Å². The summed E-state index contributed by atoms with van der Waals surface area (Å²) in [6.45, 7) is 5.78. The van der Waals surface area contributed by atoms with Crippen LogP contribution in [0.4, 0.5) is 0 Å². The molecule has 11 heteroatoms. The van der Waals surface area contributed by atoms with Gasteiger partial charge in [0.25, 0.3) is 0 Å². The predicted molar refractivity (Wildman–Crippen MR) is 123 cm³/mol. The van der Waals surface area contributed by atoms with Crippen LogP contribution in [0.15, 0.2) is 57.6 Å². The van der Waals surface area contributed by atoms with Crippen molar-refractivity contribution in [3.8, 4) is 11.3 Å². The van der Waals surface area contributed by atoms with Gasteiger partial charge in [-0.1, -0.05) is 26.0 Å². The van der Waals surface area contributed by atoms with E-state index in [9.17, 15) is 4.21 Å². The third kappa shape index (κ3) is 4.20. The van der Waals surface area contributed by atoms with Crippen LogP contribution in [0.25, 0.3) is 16.9 Å². The van der Waals surface area contributed by atoms with Gasteiger partial charge in [0.2, 0.25) is 0 Å². The van der Waals surface area contributed by atoms with Crippen LogP contribution in [-0.4, -0.2) is 37.8 Å². The molecular formula is C19H26N8OS2. The van der Waals surface area contributed by atoms with Crippen molar-refractivity contribution in [2.45, 2.75) is 28.9 Å². The average molecular weight is 447 g/mol. The molecule has 1 aliphatic heterocycles. The lowest BCUT2D eigenvalue weighted by Crippen LogP contribution is -2.44. The zero-order valence-electron chi connectivity index (χ0n) is 16.8. The fourth-order valence-corrected chi connectivity index (χ4v) is 5.35. The van der Waals surface area contributed by atoms with Crippen molar-refractivity contribution in [2.75, 3.05) is 13.1 Å². The number of pyridine rings is 1. The van der Waals surface area contributed by atoms with Gasteiger partial charge in [-0.3, -0.25) is 4.40 Å². The molecule has 2 aromatic heterocycles. The average Bonchev–Trinajstić information content (AvgIpc) is 3.22. The number of nitrogens with two attached hydrogens (primary N) is 3. The molecule has 0 amide bonds. The summed E-state index contributed by atoms with van der Waals surface area (Å²) < 4.78 is 14.5. The van der Waals surface area contributed by atoms with Crippen molar-refractivity contribution in [1.29, 1.82) is 0 Å². The molecule has 3 aromatic rings. The molecular weight excluding hydrogens is 420 g/mol. The molecule has 1 aromatic carbocycles. The molecule has 160 valence electrons. The first-order valence-electron chi connectivity index (χ1n) is 9.52. The summed E-state index contributed by atoms with van der Waals surface area (Å²) in [5, 5.41) is 13.3. The Morgan fingerprint density at radius 2 is 2.10 bits per heavy atom. The van der Waals surface area contributed by atoms with Gasteiger partial charge in [0.1, 0.15) is 16.6 Å². The SMILES string of the molecule is CC.N/N=C(\NN)c1c(-c2cccc3nccn23)ccc(SC2CNC2)c1S(N)=O. The van der Waals surface area contributed by atoms with E-state index < -0.39 is 11.0 Å². The second-order valence-electron chi connectivity index (χ2n) is 6.20. The summed E-state index contributed by atoms with van der Waals surface area (Å²) in [4.78, 5) is 5.60. The minimum atomic E-state index is -1.78. The van der Waals surface area contributed by atoms with Gasteiger partial charge in [-0.2, -0.15) is 5.10 Å². The quantitative estimate of drug-likeness (QED) is 0.171. The van der Waals surface area contributed by atoms with Gasteiger partial charge in [0, 0.05) is 46.8 Å². The number of thioether (sulfide) groups is 1. The van der Waals surface area contributed by atoms with E-state index >= 15 is 0 Å². The zero-order valence-corrected chi connectivity index (χ0v) is 18.5. The van der Waals surface area contributed by atoms with Crippen LogP contribution in [0.5, 0.6) is 0 Å². The Hall–Kier alpha value is -2.44. The lowest BCUT2D eigenvalue weighted by molar-refractivity contribution is 0.543. The van der Waals surface area contributed by atoms with Gasteiger partial charge in [-0.15, -0.1) is 11.8 Å². The number of hydrogen-bond donors (Lipinski definition) is 5. The molecule has 1 saturated heterocycles. The minimum absolute atomic E-state index is 0.204. The van der Waals surface area contributed by atoms with Gasteiger partial charge >= 0.3 is 0 Å². The summed E-state index contributed by atoms with van der Waals surface area (Å²) in [6, 6.07) is 9.61. The van der Waals surface area contributed by atoms with E-state index in [0.717, 1.165) is 34.9 Å². The number of fused-ring (bicyclic) bond motifs is 1. The van der Waals surface area contributed by atoms with Crippen LogP contribution < -0.4 is 27.6 Å². The highest BCUT2D eigenvalue weighted by Gasteiger charge is 2.26. The molecule has 1 atom stereocenters. The highest BCUT2D eigenvalue weighted by Crippen LogP contribution is 2.37. The smallest absolute Gasteiger partial charge is 0.168 e. The lowest BCUT2D eigenvalue weighted by atomic mass is 10.0. The molecule has 1 fully saturated rings. The molecule has 4 rings (SSSR count). The monoisotopic (exact) mass is 446 g/mol. The van der Waals surface area contributed by atoms with Gasteiger partial charge < -0.3 is 16.6 Å². The van der Waals surface area contributed by atoms with Crippen LogP contribution in [0.1, 0.15) is 19.4 Å². The second-order valence-corrected chi connectivity index (χ2v) is 8.54. The zero-order chi connectivity index (χ0) is 21.7. The predicted octanol–water partition coefficient (Wildman–Crippen LogP) is 1.16. The Kier molecular flexibility index (Phi) is 7.45. The molecule has 0 saturated carbocycles. The third-order valence-electron chi connectivity index (χ3n) is 4.57. The van der Waals surface area contributed by atoms with Crippen LogP contribution in [0, 0.1) is 0 Å². The number of benzene rings is 1. The Bertz CT molecular complexity index is 1080. The van der Waals surface area contributed by atoms with Gasteiger partial charge in [0.05, 0.1) is 10.6 Å². The number of amidine groups is 1. The van der Waals surface area contributed by atoms with E-state index in [1.54, 1.807) is 18.0 Å². The van der Waals surface area contributed by atoms with E-state index in [2.05, 4.69) is 20.8 Å². The standard InChI is InChI=1S/C17H20N8OS2.C2H6/c18-23-17(24-19)15-11(12-2-1-3-14-22-6-7-25(12)14)4-5-13(16(15)28(20)26)27-10-8-21-9-10;1-2/h1-7,10,21H,8-9,18-20H2,(H,23,24);1-2H3. The first-order valence-corrected chi connectivity index (χ1v) is 11.6. The number of hydrogen-bond acceptors (Lipinski definition) is 7. The van der Waals surface area contributed by atoms with E-state index in [-0.39, 0.29) is 5.84 Å². The normalized spacial score (nSPS) is 15.3. The number of hydrazine groups is 1. The number of aromatic nitrogens is 2. The first kappa shape index (κ1) is 22.2. The third-order valence-corrected chi connectivity index (χ3v) is 6.78. The Balaban J connectivity index is 0.00000124. The molecule has 0 bridgehead atoms. The molecule has 3 heterocycles. The van der Waals surface area contributed by atoms with Crippen LogP contribution in [0.3, 0.4) is 0 Å².